The summed E-state index contributed by atoms with van der Waals surface area (Å²) in [7, 11) is 0. The second-order valence-electron chi connectivity index (χ2n) is 12.5. The zero-order chi connectivity index (χ0) is 20.1. The van der Waals surface area contributed by atoms with Crippen LogP contribution in [0.25, 0.3) is 0 Å². The Labute approximate surface area is 176 Å². The number of rotatable bonds is 5. The summed E-state index contributed by atoms with van der Waals surface area (Å²) >= 11 is 0. The molecular formula is C28H48. The minimum Gasteiger partial charge on any atom is -0.0845 e. The minimum atomic E-state index is 0.566. The standard InChI is InChI=1S/C28H48/c1-19(2)10-11-20(3)21(4)24-14-15-25-23-13-12-22-9-7-8-17-27(22,5)26(23)16-18-28(24,25)6/h12,19-21,23-26H,7-11,13-18H2,1-6H3. The number of hydrogen-bond donors (Lipinski definition) is 0. The van der Waals surface area contributed by atoms with E-state index in [9.17, 15) is 0 Å². The molecule has 0 heterocycles. The van der Waals surface area contributed by atoms with Gasteiger partial charge in [0.25, 0.3) is 0 Å². The van der Waals surface area contributed by atoms with E-state index in [0.717, 1.165) is 41.4 Å². The van der Waals surface area contributed by atoms with Crippen molar-refractivity contribution in [2.24, 2.45) is 52.3 Å². The van der Waals surface area contributed by atoms with Gasteiger partial charge in [-0.2, -0.15) is 0 Å². The highest BCUT2D eigenvalue weighted by Crippen LogP contribution is 2.67. The first-order valence-corrected chi connectivity index (χ1v) is 13.0. The van der Waals surface area contributed by atoms with Crippen molar-refractivity contribution in [1.29, 1.82) is 0 Å². The van der Waals surface area contributed by atoms with Crippen LogP contribution in [0.3, 0.4) is 0 Å². The van der Waals surface area contributed by atoms with Gasteiger partial charge in [0.05, 0.1) is 0 Å². The normalized spacial score (nSPS) is 45.0. The van der Waals surface area contributed by atoms with E-state index >= 15 is 0 Å². The van der Waals surface area contributed by atoms with Gasteiger partial charge < -0.3 is 0 Å². The SMILES string of the molecule is CC(C)CCC(C)C(C)C1CCC2C3CC=C4CCCCC4(C)C3CCC12C. The summed E-state index contributed by atoms with van der Waals surface area (Å²) < 4.78 is 0. The molecule has 0 N–H and O–H groups in total. The molecule has 3 saturated carbocycles. The van der Waals surface area contributed by atoms with Crippen LogP contribution in [-0.4, -0.2) is 0 Å². The molecule has 160 valence electrons. The Morgan fingerprint density at radius 2 is 1.71 bits per heavy atom. The maximum Gasteiger partial charge on any atom is -0.00853 e. The van der Waals surface area contributed by atoms with E-state index in [-0.39, 0.29) is 0 Å². The molecule has 0 aliphatic heterocycles. The van der Waals surface area contributed by atoms with Crippen molar-refractivity contribution in [3.63, 3.8) is 0 Å². The van der Waals surface area contributed by atoms with Gasteiger partial charge in [0.1, 0.15) is 0 Å². The third kappa shape index (κ3) is 3.33. The Kier molecular flexibility index (Phi) is 5.83. The highest BCUT2D eigenvalue weighted by Gasteiger charge is 2.58. The maximum atomic E-state index is 2.74. The first-order chi connectivity index (χ1) is 13.3. The maximum absolute atomic E-state index is 2.74. The highest BCUT2D eigenvalue weighted by atomic mass is 14.6. The van der Waals surface area contributed by atoms with E-state index in [1.54, 1.807) is 0 Å². The summed E-state index contributed by atoms with van der Waals surface area (Å²) in [5, 5.41) is 0. The van der Waals surface area contributed by atoms with Crippen molar-refractivity contribution in [3.05, 3.63) is 11.6 Å². The molecule has 0 aromatic carbocycles. The van der Waals surface area contributed by atoms with Gasteiger partial charge >= 0.3 is 0 Å². The highest BCUT2D eigenvalue weighted by molar-refractivity contribution is 5.24. The van der Waals surface area contributed by atoms with Crippen LogP contribution in [0.5, 0.6) is 0 Å². The van der Waals surface area contributed by atoms with Gasteiger partial charge in [-0.3, -0.25) is 0 Å². The third-order valence-electron chi connectivity index (χ3n) is 10.8. The van der Waals surface area contributed by atoms with E-state index in [4.69, 9.17) is 0 Å². The van der Waals surface area contributed by atoms with Crippen molar-refractivity contribution in [2.45, 2.75) is 112 Å². The van der Waals surface area contributed by atoms with E-state index in [0.29, 0.717) is 10.8 Å². The van der Waals surface area contributed by atoms with Gasteiger partial charge in [-0.05, 0) is 104 Å². The topological polar surface area (TPSA) is 0 Å². The fourth-order valence-electron chi connectivity index (χ4n) is 8.86. The average Bonchev–Trinajstić information content (AvgIpc) is 3.02. The number of hydrogen-bond acceptors (Lipinski definition) is 0. The van der Waals surface area contributed by atoms with Crippen molar-refractivity contribution in [2.75, 3.05) is 0 Å². The molecule has 0 aromatic heterocycles. The van der Waals surface area contributed by atoms with Gasteiger partial charge in [0.2, 0.25) is 0 Å². The zero-order valence-electron chi connectivity index (χ0n) is 19.9. The van der Waals surface area contributed by atoms with Gasteiger partial charge in [-0.25, -0.2) is 0 Å². The van der Waals surface area contributed by atoms with Crippen LogP contribution in [0, 0.1) is 52.3 Å². The molecule has 28 heavy (non-hydrogen) atoms. The van der Waals surface area contributed by atoms with Crippen molar-refractivity contribution in [1.82, 2.24) is 0 Å². The molecule has 0 nitrogen and oxygen atoms in total. The molecule has 8 atom stereocenters. The number of allylic oxidation sites excluding steroid dienone is 2. The lowest BCUT2D eigenvalue weighted by atomic mass is 9.47. The van der Waals surface area contributed by atoms with Crippen molar-refractivity contribution >= 4 is 0 Å². The Bertz CT molecular complexity index is 585. The lowest BCUT2D eigenvalue weighted by Crippen LogP contribution is -2.50. The van der Waals surface area contributed by atoms with Gasteiger partial charge in [0.15, 0.2) is 0 Å². The van der Waals surface area contributed by atoms with Crippen LogP contribution in [0.1, 0.15) is 112 Å². The molecule has 4 aliphatic rings. The van der Waals surface area contributed by atoms with Crippen LogP contribution >= 0.6 is 0 Å². The van der Waals surface area contributed by atoms with Crippen molar-refractivity contribution < 1.29 is 0 Å². The number of fused-ring (bicyclic) bond motifs is 5. The molecule has 0 heteroatoms. The predicted octanol–water partition coefficient (Wildman–Crippen LogP) is 8.66. The summed E-state index contributed by atoms with van der Waals surface area (Å²) in [4.78, 5) is 0. The summed E-state index contributed by atoms with van der Waals surface area (Å²) in [6.07, 6.45) is 18.9. The molecule has 0 radical (unpaired) electrons. The van der Waals surface area contributed by atoms with Crippen molar-refractivity contribution in [3.8, 4) is 0 Å². The molecule has 0 saturated heterocycles. The molecule has 4 rings (SSSR count). The summed E-state index contributed by atoms with van der Waals surface area (Å²) in [5.74, 6) is 6.64. The van der Waals surface area contributed by atoms with Gasteiger partial charge in [0, 0.05) is 0 Å². The summed E-state index contributed by atoms with van der Waals surface area (Å²) in [6.45, 7) is 15.4. The summed E-state index contributed by atoms with van der Waals surface area (Å²) in [6, 6.07) is 0. The second kappa shape index (κ2) is 7.77. The largest absolute Gasteiger partial charge is 0.0845 e. The fourth-order valence-corrected chi connectivity index (χ4v) is 8.86. The Balaban J connectivity index is 1.51. The molecular weight excluding hydrogens is 336 g/mol. The predicted molar refractivity (Wildman–Crippen MR) is 122 cm³/mol. The molecule has 3 fully saturated rings. The second-order valence-corrected chi connectivity index (χ2v) is 12.5. The molecule has 0 bridgehead atoms. The lowest BCUT2D eigenvalue weighted by molar-refractivity contribution is -0.0537. The van der Waals surface area contributed by atoms with Crippen LogP contribution in [0.15, 0.2) is 11.6 Å². The summed E-state index contributed by atoms with van der Waals surface area (Å²) in [5.41, 5.74) is 3.06. The van der Waals surface area contributed by atoms with E-state index < -0.39 is 0 Å². The Morgan fingerprint density at radius 1 is 0.929 bits per heavy atom. The Hall–Kier alpha value is -0.260. The van der Waals surface area contributed by atoms with Gasteiger partial charge in [-0.1, -0.05) is 72.5 Å². The van der Waals surface area contributed by atoms with E-state index in [1.807, 2.05) is 5.57 Å². The zero-order valence-corrected chi connectivity index (χ0v) is 19.9. The molecule has 4 aliphatic carbocycles. The lowest BCUT2D eigenvalue weighted by Gasteiger charge is -2.58. The van der Waals surface area contributed by atoms with Gasteiger partial charge in [-0.15, -0.1) is 0 Å². The smallest absolute Gasteiger partial charge is 0.00853 e. The average molecular weight is 385 g/mol. The Morgan fingerprint density at radius 3 is 2.46 bits per heavy atom. The van der Waals surface area contributed by atoms with Crippen LogP contribution in [0.4, 0.5) is 0 Å². The first-order valence-electron chi connectivity index (χ1n) is 13.0. The quantitative estimate of drug-likeness (QED) is 0.416. The molecule has 0 aromatic rings. The minimum absolute atomic E-state index is 0.566. The third-order valence-corrected chi connectivity index (χ3v) is 10.8. The van der Waals surface area contributed by atoms with Crippen LogP contribution in [0.2, 0.25) is 0 Å². The van der Waals surface area contributed by atoms with E-state index in [1.165, 1.54) is 70.6 Å². The molecule has 0 spiro atoms. The monoisotopic (exact) mass is 384 g/mol. The van der Waals surface area contributed by atoms with E-state index in [2.05, 4.69) is 47.6 Å². The van der Waals surface area contributed by atoms with Crippen LogP contribution < -0.4 is 0 Å². The molecule has 8 unspecified atom stereocenters. The van der Waals surface area contributed by atoms with Crippen LogP contribution in [-0.2, 0) is 0 Å². The fraction of sp³-hybridized carbons (Fsp3) is 0.929. The molecule has 0 amide bonds. The first kappa shape index (κ1) is 21.0.